The highest BCUT2D eigenvalue weighted by Crippen LogP contribution is 2.37. The van der Waals surface area contributed by atoms with Gasteiger partial charge in [-0.15, -0.1) is 12.4 Å². The SMILES string of the molecule is Cl.c1ccc2c(c1)Cc1cc(C3CNC3)ccc1-2. The third-order valence-electron chi connectivity index (χ3n) is 4.07. The molecule has 0 spiro atoms. The molecule has 1 saturated heterocycles. The standard InChI is InChI=1S/C16H15N.ClH/c1-2-4-15-12(3-1)8-13-7-11(5-6-16(13)15)14-9-17-10-14;/h1-7,14,17H,8-10H2;1H. The molecule has 0 radical (unpaired) electrons. The van der Waals surface area contributed by atoms with Gasteiger partial charge in [-0.3, -0.25) is 0 Å². The molecule has 2 aliphatic rings. The largest absolute Gasteiger partial charge is 0.315 e. The lowest BCUT2D eigenvalue weighted by Crippen LogP contribution is -2.39. The fourth-order valence-corrected chi connectivity index (χ4v) is 2.94. The molecule has 2 heteroatoms. The lowest BCUT2D eigenvalue weighted by molar-refractivity contribution is 0.448. The molecule has 1 aliphatic carbocycles. The molecular weight excluding hydrogens is 242 g/mol. The molecule has 1 aliphatic heterocycles. The van der Waals surface area contributed by atoms with Crippen LogP contribution in [0, 0.1) is 0 Å². The molecule has 2 aromatic rings. The second-order valence-electron chi connectivity index (χ2n) is 5.11. The van der Waals surface area contributed by atoms with Gasteiger partial charge in [0.25, 0.3) is 0 Å². The van der Waals surface area contributed by atoms with E-state index in [9.17, 15) is 0 Å². The zero-order chi connectivity index (χ0) is 11.2. The molecule has 0 aromatic heterocycles. The first-order valence-electron chi connectivity index (χ1n) is 6.33. The van der Waals surface area contributed by atoms with Gasteiger partial charge in [-0.25, -0.2) is 0 Å². The molecule has 0 bridgehead atoms. The van der Waals surface area contributed by atoms with E-state index in [0.29, 0.717) is 0 Å². The van der Waals surface area contributed by atoms with Crippen molar-refractivity contribution in [3.63, 3.8) is 0 Å². The van der Waals surface area contributed by atoms with E-state index in [1.807, 2.05) is 0 Å². The lowest BCUT2D eigenvalue weighted by atomic mass is 9.91. The minimum atomic E-state index is 0. The van der Waals surface area contributed by atoms with Crippen molar-refractivity contribution in [3.8, 4) is 11.1 Å². The molecule has 18 heavy (non-hydrogen) atoms. The van der Waals surface area contributed by atoms with Gasteiger partial charge in [-0.2, -0.15) is 0 Å². The van der Waals surface area contributed by atoms with Crippen molar-refractivity contribution in [2.24, 2.45) is 0 Å². The van der Waals surface area contributed by atoms with E-state index in [-0.39, 0.29) is 12.4 Å². The predicted molar refractivity (Wildman–Crippen MR) is 77.5 cm³/mol. The van der Waals surface area contributed by atoms with Crippen LogP contribution in [0.25, 0.3) is 11.1 Å². The van der Waals surface area contributed by atoms with E-state index < -0.39 is 0 Å². The Bertz CT molecular complexity index is 587. The van der Waals surface area contributed by atoms with Crippen molar-refractivity contribution in [2.45, 2.75) is 12.3 Å². The molecule has 0 saturated carbocycles. The van der Waals surface area contributed by atoms with Gasteiger partial charge >= 0.3 is 0 Å². The molecule has 1 nitrogen and oxygen atoms in total. The van der Waals surface area contributed by atoms with Gasteiger partial charge in [0.15, 0.2) is 0 Å². The average molecular weight is 258 g/mol. The van der Waals surface area contributed by atoms with Crippen LogP contribution < -0.4 is 5.32 Å². The summed E-state index contributed by atoms with van der Waals surface area (Å²) in [6, 6.07) is 15.8. The summed E-state index contributed by atoms with van der Waals surface area (Å²) in [6.07, 6.45) is 1.11. The number of hydrogen-bond donors (Lipinski definition) is 1. The van der Waals surface area contributed by atoms with Gasteiger partial charge in [-0.05, 0) is 34.2 Å². The zero-order valence-corrected chi connectivity index (χ0v) is 11.0. The van der Waals surface area contributed by atoms with E-state index in [2.05, 4.69) is 47.8 Å². The monoisotopic (exact) mass is 257 g/mol. The van der Waals surface area contributed by atoms with Crippen molar-refractivity contribution in [2.75, 3.05) is 13.1 Å². The van der Waals surface area contributed by atoms with Crippen LogP contribution in [0.2, 0.25) is 0 Å². The quantitative estimate of drug-likeness (QED) is 0.705. The first kappa shape index (κ1) is 11.8. The van der Waals surface area contributed by atoms with Gasteiger partial charge in [0.1, 0.15) is 0 Å². The fraction of sp³-hybridized carbons (Fsp3) is 0.250. The summed E-state index contributed by atoms with van der Waals surface area (Å²) < 4.78 is 0. The van der Waals surface area contributed by atoms with Crippen LogP contribution in [-0.2, 0) is 6.42 Å². The maximum atomic E-state index is 3.34. The first-order chi connectivity index (χ1) is 8.42. The van der Waals surface area contributed by atoms with E-state index >= 15 is 0 Å². The number of fused-ring (bicyclic) bond motifs is 3. The molecule has 4 rings (SSSR count). The van der Waals surface area contributed by atoms with Crippen LogP contribution >= 0.6 is 12.4 Å². The number of rotatable bonds is 1. The highest BCUT2D eigenvalue weighted by molar-refractivity contribution is 5.85. The summed E-state index contributed by atoms with van der Waals surface area (Å²) in [7, 11) is 0. The Labute approximate surface area is 114 Å². The lowest BCUT2D eigenvalue weighted by Gasteiger charge is -2.27. The van der Waals surface area contributed by atoms with E-state index in [0.717, 1.165) is 25.4 Å². The minimum Gasteiger partial charge on any atom is -0.315 e. The zero-order valence-electron chi connectivity index (χ0n) is 10.1. The number of hydrogen-bond acceptors (Lipinski definition) is 1. The molecule has 0 atom stereocenters. The molecule has 0 amide bonds. The summed E-state index contributed by atoms with van der Waals surface area (Å²) >= 11 is 0. The predicted octanol–water partition coefficient (Wildman–Crippen LogP) is 3.37. The van der Waals surface area contributed by atoms with Crippen LogP contribution in [0.4, 0.5) is 0 Å². The molecular formula is C16H16ClN. The second-order valence-corrected chi connectivity index (χ2v) is 5.11. The Morgan fingerprint density at radius 3 is 2.44 bits per heavy atom. The fourth-order valence-electron chi connectivity index (χ4n) is 2.94. The Balaban J connectivity index is 0.000001000. The molecule has 92 valence electrons. The van der Waals surface area contributed by atoms with Crippen molar-refractivity contribution in [1.82, 2.24) is 5.32 Å². The van der Waals surface area contributed by atoms with Crippen LogP contribution in [0.15, 0.2) is 42.5 Å². The molecule has 0 unspecified atom stereocenters. The summed E-state index contributed by atoms with van der Waals surface area (Å²) in [5, 5.41) is 3.34. The Morgan fingerprint density at radius 2 is 1.67 bits per heavy atom. The Morgan fingerprint density at radius 1 is 0.889 bits per heavy atom. The third kappa shape index (κ3) is 1.66. The van der Waals surface area contributed by atoms with Crippen molar-refractivity contribution in [1.29, 1.82) is 0 Å². The van der Waals surface area contributed by atoms with Gasteiger partial charge in [0, 0.05) is 19.0 Å². The summed E-state index contributed by atoms with van der Waals surface area (Å²) in [6.45, 7) is 2.29. The smallest absolute Gasteiger partial charge is 0.00886 e. The highest BCUT2D eigenvalue weighted by atomic mass is 35.5. The van der Waals surface area contributed by atoms with E-state index in [1.54, 1.807) is 0 Å². The van der Waals surface area contributed by atoms with Crippen LogP contribution in [0.3, 0.4) is 0 Å². The van der Waals surface area contributed by atoms with Crippen LogP contribution in [0.5, 0.6) is 0 Å². The molecule has 2 aromatic carbocycles. The van der Waals surface area contributed by atoms with Gasteiger partial charge in [0.2, 0.25) is 0 Å². The normalized spacial score (nSPS) is 16.4. The van der Waals surface area contributed by atoms with Crippen molar-refractivity contribution in [3.05, 3.63) is 59.2 Å². The molecule has 1 fully saturated rings. The summed E-state index contributed by atoms with van der Waals surface area (Å²) in [5.74, 6) is 0.740. The third-order valence-corrected chi connectivity index (χ3v) is 4.07. The average Bonchev–Trinajstić information content (AvgIpc) is 2.64. The highest BCUT2D eigenvalue weighted by Gasteiger charge is 2.22. The second kappa shape index (κ2) is 4.42. The van der Waals surface area contributed by atoms with Gasteiger partial charge in [-0.1, -0.05) is 42.5 Å². The van der Waals surface area contributed by atoms with Crippen molar-refractivity contribution < 1.29 is 0 Å². The Kier molecular flexibility index (Phi) is 2.89. The number of benzene rings is 2. The van der Waals surface area contributed by atoms with E-state index in [1.165, 1.54) is 27.8 Å². The van der Waals surface area contributed by atoms with Gasteiger partial charge in [0.05, 0.1) is 0 Å². The van der Waals surface area contributed by atoms with E-state index in [4.69, 9.17) is 0 Å². The first-order valence-corrected chi connectivity index (χ1v) is 6.33. The van der Waals surface area contributed by atoms with Crippen molar-refractivity contribution >= 4 is 12.4 Å². The Hall–Kier alpha value is -1.31. The van der Waals surface area contributed by atoms with Gasteiger partial charge < -0.3 is 5.32 Å². The van der Waals surface area contributed by atoms with Crippen LogP contribution in [0.1, 0.15) is 22.6 Å². The minimum absolute atomic E-state index is 0. The maximum Gasteiger partial charge on any atom is 0.00886 e. The molecule has 1 heterocycles. The molecule has 1 N–H and O–H groups in total. The summed E-state index contributed by atoms with van der Waals surface area (Å²) in [5.41, 5.74) is 7.37. The maximum absolute atomic E-state index is 3.34. The number of nitrogens with one attached hydrogen (secondary N) is 1. The topological polar surface area (TPSA) is 12.0 Å². The van der Waals surface area contributed by atoms with Crippen LogP contribution in [-0.4, -0.2) is 13.1 Å². The number of halogens is 1. The summed E-state index contributed by atoms with van der Waals surface area (Å²) in [4.78, 5) is 0.